The molecule has 1 aromatic heterocycles. The first-order valence-electron chi connectivity index (χ1n) is 6.09. The molecule has 2 aliphatic rings. The van der Waals surface area contributed by atoms with E-state index >= 15 is 0 Å². The van der Waals surface area contributed by atoms with Gasteiger partial charge in [0.25, 0.3) is 0 Å². The summed E-state index contributed by atoms with van der Waals surface area (Å²) in [6, 6.07) is 2.72. The molecule has 1 aromatic rings. The molecule has 2 heterocycles. The van der Waals surface area contributed by atoms with Crippen LogP contribution in [-0.2, 0) is 6.42 Å². The predicted molar refractivity (Wildman–Crippen MR) is 63.4 cm³/mol. The van der Waals surface area contributed by atoms with Crippen LogP contribution < -0.4 is 10.6 Å². The molecule has 0 bridgehead atoms. The van der Waals surface area contributed by atoms with E-state index < -0.39 is 0 Å². The van der Waals surface area contributed by atoms with Crippen LogP contribution in [0.2, 0.25) is 0 Å². The van der Waals surface area contributed by atoms with Gasteiger partial charge >= 0.3 is 0 Å². The Bertz CT molecular complexity index is 394. The van der Waals surface area contributed by atoms with Gasteiger partial charge in [-0.25, -0.2) is 9.97 Å². The molecule has 0 radical (unpaired) electrons. The van der Waals surface area contributed by atoms with Gasteiger partial charge in [0.2, 0.25) is 0 Å². The molecule has 4 heteroatoms. The van der Waals surface area contributed by atoms with Crippen molar-refractivity contribution in [3.8, 4) is 0 Å². The van der Waals surface area contributed by atoms with Crippen LogP contribution in [0.25, 0.3) is 0 Å². The van der Waals surface area contributed by atoms with Crippen molar-refractivity contribution in [2.75, 3.05) is 18.4 Å². The maximum absolute atomic E-state index is 4.45. The SMILES string of the molecule is CCc1cc(NC2C3CNCC32)nc(C)n1. The van der Waals surface area contributed by atoms with Crippen molar-refractivity contribution in [2.45, 2.75) is 26.3 Å². The summed E-state index contributed by atoms with van der Waals surface area (Å²) in [5.74, 6) is 3.51. The topological polar surface area (TPSA) is 49.8 Å². The van der Waals surface area contributed by atoms with Crippen LogP contribution in [0.15, 0.2) is 6.07 Å². The van der Waals surface area contributed by atoms with E-state index in [1.807, 2.05) is 6.92 Å². The van der Waals surface area contributed by atoms with E-state index in [1.165, 1.54) is 0 Å². The van der Waals surface area contributed by atoms with Crippen LogP contribution >= 0.6 is 0 Å². The zero-order valence-corrected chi connectivity index (χ0v) is 9.83. The number of piperidine rings is 1. The van der Waals surface area contributed by atoms with E-state index in [1.54, 1.807) is 0 Å². The molecule has 16 heavy (non-hydrogen) atoms. The lowest BCUT2D eigenvalue weighted by molar-refractivity contribution is 0.694. The quantitative estimate of drug-likeness (QED) is 0.794. The Morgan fingerprint density at radius 1 is 1.38 bits per heavy atom. The lowest BCUT2D eigenvalue weighted by Crippen LogP contribution is -2.22. The molecular weight excluding hydrogens is 200 g/mol. The normalized spacial score (nSPS) is 31.2. The van der Waals surface area contributed by atoms with Crippen LogP contribution in [0, 0.1) is 18.8 Å². The third-order valence-corrected chi connectivity index (χ3v) is 3.66. The highest BCUT2D eigenvalue weighted by atomic mass is 15.1. The van der Waals surface area contributed by atoms with Crippen molar-refractivity contribution in [3.63, 3.8) is 0 Å². The number of hydrogen-bond donors (Lipinski definition) is 2. The molecule has 2 fully saturated rings. The van der Waals surface area contributed by atoms with Crippen LogP contribution in [0.1, 0.15) is 18.4 Å². The van der Waals surface area contributed by atoms with Crippen molar-refractivity contribution in [3.05, 3.63) is 17.6 Å². The summed E-state index contributed by atoms with van der Waals surface area (Å²) >= 11 is 0. The lowest BCUT2D eigenvalue weighted by Gasteiger charge is -2.09. The number of aromatic nitrogens is 2. The molecule has 86 valence electrons. The number of anilines is 1. The fourth-order valence-electron chi connectivity index (χ4n) is 2.69. The van der Waals surface area contributed by atoms with Gasteiger partial charge in [-0.3, -0.25) is 0 Å². The molecule has 2 atom stereocenters. The third-order valence-electron chi connectivity index (χ3n) is 3.66. The van der Waals surface area contributed by atoms with E-state index in [0.717, 1.165) is 48.7 Å². The number of rotatable bonds is 3. The Kier molecular flexibility index (Phi) is 2.32. The van der Waals surface area contributed by atoms with E-state index in [0.29, 0.717) is 6.04 Å². The Labute approximate surface area is 95.9 Å². The summed E-state index contributed by atoms with van der Waals surface area (Å²) in [5, 5.41) is 6.94. The third kappa shape index (κ3) is 1.67. The minimum atomic E-state index is 0.639. The summed E-state index contributed by atoms with van der Waals surface area (Å²) in [6.45, 7) is 6.40. The first-order chi connectivity index (χ1) is 7.78. The van der Waals surface area contributed by atoms with E-state index in [4.69, 9.17) is 0 Å². The molecule has 1 saturated carbocycles. The first-order valence-corrected chi connectivity index (χ1v) is 6.09. The van der Waals surface area contributed by atoms with Crippen LogP contribution in [0.5, 0.6) is 0 Å². The Balaban J connectivity index is 1.72. The van der Waals surface area contributed by atoms with Gasteiger partial charge in [0.05, 0.1) is 0 Å². The maximum Gasteiger partial charge on any atom is 0.130 e. The molecule has 1 saturated heterocycles. The average molecular weight is 218 g/mol. The highest BCUT2D eigenvalue weighted by Gasteiger charge is 2.53. The zero-order valence-electron chi connectivity index (χ0n) is 9.83. The Morgan fingerprint density at radius 3 is 2.81 bits per heavy atom. The molecule has 1 aliphatic carbocycles. The second-order valence-corrected chi connectivity index (χ2v) is 4.80. The predicted octanol–water partition coefficient (Wildman–Crippen LogP) is 0.977. The minimum absolute atomic E-state index is 0.639. The van der Waals surface area contributed by atoms with Crippen molar-refractivity contribution in [1.82, 2.24) is 15.3 Å². The number of aryl methyl sites for hydroxylation is 2. The van der Waals surface area contributed by atoms with E-state index in [9.17, 15) is 0 Å². The second kappa shape index (κ2) is 3.70. The number of nitrogens with one attached hydrogen (secondary N) is 2. The van der Waals surface area contributed by atoms with Gasteiger partial charge in [0.1, 0.15) is 11.6 Å². The van der Waals surface area contributed by atoms with E-state index in [2.05, 4.69) is 33.6 Å². The van der Waals surface area contributed by atoms with Gasteiger partial charge in [-0.2, -0.15) is 0 Å². The number of nitrogens with zero attached hydrogens (tertiary/aromatic N) is 2. The molecule has 0 aromatic carbocycles. The molecule has 2 unspecified atom stereocenters. The van der Waals surface area contributed by atoms with Gasteiger partial charge in [-0.05, 0) is 25.2 Å². The van der Waals surface area contributed by atoms with E-state index in [-0.39, 0.29) is 0 Å². The molecule has 2 N–H and O–H groups in total. The molecular formula is C12H18N4. The van der Waals surface area contributed by atoms with Crippen molar-refractivity contribution in [1.29, 1.82) is 0 Å². The molecule has 4 nitrogen and oxygen atoms in total. The van der Waals surface area contributed by atoms with Crippen molar-refractivity contribution < 1.29 is 0 Å². The summed E-state index contributed by atoms with van der Waals surface area (Å²) in [7, 11) is 0. The maximum atomic E-state index is 4.45. The number of hydrogen-bond acceptors (Lipinski definition) is 4. The standard InChI is InChI=1S/C12H18N4/c1-3-8-4-11(15-7(2)14-8)16-12-9-5-13-6-10(9)12/h4,9-10,12-13H,3,5-6H2,1-2H3,(H,14,15,16). The van der Waals surface area contributed by atoms with Gasteiger partial charge in [0.15, 0.2) is 0 Å². The monoisotopic (exact) mass is 218 g/mol. The Morgan fingerprint density at radius 2 is 2.12 bits per heavy atom. The fraction of sp³-hybridized carbons (Fsp3) is 0.667. The second-order valence-electron chi connectivity index (χ2n) is 4.80. The average Bonchev–Trinajstić information content (AvgIpc) is 2.74. The summed E-state index contributed by atoms with van der Waals surface area (Å²) in [6.07, 6.45) is 0.969. The summed E-state index contributed by atoms with van der Waals surface area (Å²) in [4.78, 5) is 8.84. The highest BCUT2D eigenvalue weighted by Crippen LogP contribution is 2.43. The van der Waals surface area contributed by atoms with Crippen LogP contribution in [0.4, 0.5) is 5.82 Å². The summed E-state index contributed by atoms with van der Waals surface area (Å²) in [5.41, 5.74) is 1.12. The number of fused-ring (bicyclic) bond motifs is 1. The largest absolute Gasteiger partial charge is 0.367 e. The Hall–Kier alpha value is -1.16. The van der Waals surface area contributed by atoms with Gasteiger partial charge < -0.3 is 10.6 Å². The van der Waals surface area contributed by atoms with Gasteiger partial charge in [0, 0.05) is 30.9 Å². The molecule has 0 amide bonds. The van der Waals surface area contributed by atoms with Crippen molar-refractivity contribution in [2.24, 2.45) is 11.8 Å². The fourth-order valence-corrected chi connectivity index (χ4v) is 2.69. The highest BCUT2D eigenvalue weighted by molar-refractivity contribution is 5.40. The van der Waals surface area contributed by atoms with Gasteiger partial charge in [-0.15, -0.1) is 0 Å². The summed E-state index contributed by atoms with van der Waals surface area (Å²) < 4.78 is 0. The smallest absolute Gasteiger partial charge is 0.130 e. The van der Waals surface area contributed by atoms with Crippen molar-refractivity contribution >= 4 is 5.82 Å². The van der Waals surface area contributed by atoms with Crippen LogP contribution in [0.3, 0.4) is 0 Å². The van der Waals surface area contributed by atoms with Crippen LogP contribution in [-0.4, -0.2) is 29.1 Å². The molecule has 0 spiro atoms. The zero-order chi connectivity index (χ0) is 11.1. The first kappa shape index (κ1) is 10.0. The molecule has 1 aliphatic heterocycles. The van der Waals surface area contributed by atoms with Gasteiger partial charge in [-0.1, -0.05) is 6.92 Å². The minimum Gasteiger partial charge on any atom is -0.367 e. The molecule has 3 rings (SSSR count). The lowest BCUT2D eigenvalue weighted by atomic mass is 10.3.